The van der Waals surface area contributed by atoms with E-state index in [1.54, 1.807) is 0 Å². The number of benzene rings is 16. The molecule has 0 aromatic heterocycles. The predicted octanol–water partition coefficient (Wildman–Crippen LogP) is 26.5. The van der Waals surface area contributed by atoms with Crippen molar-refractivity contribution in [3.63, 3.8) is 0 Å². The summed E-state index contributed by atoms with van der Waals surface area (Å²) in [5, 5.41) is 2.54. The molecule has 0 bridgehead atoms. The van der Waals surface area contributed by atoms with E-state index in [9.17, 15) is 0 Å². The maximum absolute atomic E-state index is 2.28. The fourth-order valence-electron chi connectivity index (χ4n) is 12.8. The highest BCUT2D eigenvalue weighted by molar-refractivity contribution is 5.88. The normalized spacial score (nSPS) is 10.8. The van der Waals surface area contributed by atoms with Crippen LogP contribution in [-0.4, -0.2) is 21.1 Å². The zero-order valence-electron chi connectivity index (χ0n) is 56.6. The number of fused-ring (bicyclic) bond motifs is 1. The van der Waals surface area contributed by atoms with Gasteiger partial charge >= 0.3 is 0 Å². The third-order valence-corrected chi connectivity index (χ3v) is 18.7. The second-order valence-electron chi connectivity index (χ2n) is 25.1. The van der Waals surface area contributed by atoms with Gasteiger partial charge in [-0.05, 0) is 190 Å². The quantitative estimate of drug-likeness (QED) is 0.101. The molecule has 0 saturated heterocycles. The van der Waals surface area contributed by atoms with Crippen molar-refractivity contribution in [1.29, 1.82) is 0 Å². The van der Waals surface area contributed by atoms with Crippen LogP contribution in [0.3, 0.4) is 0 Å². The van der Waals surface area contributed by atoms with E-state index in [4.69, 9.17) is 0 Å². The summed E-state index contributed by atoms with van der Waals surface area (Å²) < 4.78 is 0. The van der Waals surface area contributed by atoms with Crippen LogP contribution in [0.25, 0.3) is 111 Å². The van der Waals surface area contributed by atoms with Gasteiger partial charge in [0.2, 0.25) is 0 Å². The maximum atomic E-state index is 2.28. The summed E-state index contributed by atoms with van der Waals surface area (Å²) in [6.45, 7) is 0. The first-order chi connectivity index (χ1) is 49.3. The number of rotatable bonds is 15. The number of hydrogen-bond donors (Lipinski definition) is 0. The maximum Gasteiger partial charge on any atom is 0.0420 e. The SMILES string of the molecule is CN(c1ccc(-c2ccc(-c3ccccc3)cc2)cc1)c1cc(-c2ccccc2)cc(-c2ccccc2)c1.CN(c1ccc(-c2ccc(-c3ccccc3)cc2)cc1)c1ccc(-c2ccc(-c3ccccc3)cc2)cc1.CN(c1ccc(-c2ccccc2)cc1)c1ccc2ccccc2c1. The minimum absolute atomic E-state index is 1.15. The summed E-state index contributed by atoms with van der Waals surface area (Å²) in [6.07, 6.45) is 0. The molecule has 0 aliphatic carbocycles. The van der Waals surface area contributed by atoms with Gasteiger partial charge in [0.15, 0.2) is 0 Å². The van der Waals surface area contributed by atoms with E-state index in [0.29, 0.717) is 0 Å². The minimum atomic E-state index is 1.15. The van der Waals surface area contributed by atoms with Crippen LogP contribution in [0, 0.1) is 0 Å². The van der Waals surface area contributed by atoms with Crippen molar-refractivity contribution < 1.29 is 0 Å². The van der Waals surface area contributed by atoms with E-state index in [0.717, 1.165) is 22.7 Å². The molecule has 0 fully saturated rings. The van der Waals surface area contributed by atoms with Gasteiger partial charge in [-0.2, -0.15) is 0 Å². The Bertz CT molecular complexity index is 5040. The average molecular weight is 1280 g/mol. The third-order valence-electron chi connectivity index (χ3n) is 18.7. The van der Waals surface area contributed by atoms with E-state index in [-0.39, 0.29) is 0 Å². The second-order valence-corrected chi connectivity index (χ2v) is 25.1. The van der Waals surface area contributed by atoms with Crippen LogP contribution < -0.4 is 14.7 Å². The minimum Gasteiger partial charge on any atom is -0.345 e. The monoisotopic (exact) mass is 1280 g/mol. The number of hydrogen-bond acceptors (Lipinski definition) is 3. The van der Waals surface area contributed by atoms with E-state index in [2.05, 4.69) is 442 Å². The van der Waals surface area contributed by atoms with E-state index < -0.39 is 0 Å². The van der Waals surface area contributed by atoms with Crippen molar-refractivity contribution in [3.8, 4) is 100 Å². The van der Waals surface area contributed by atoms with E-state index >= 15 is 0 Å². The fourth-order valence-corrected chi connectivity index (χ4v) is 12.8. The van der Waals surface area contributed by atoms with Gasteiger partial charge in [0.1, 0.15) is 0 Å². The lowest BCUT2D eigenvalue weighted by atomic mass is 9.97. The Hall–Kier alpha value is -12.8. The van der Waals surface area contributed by atoms with E-state index in [1.807, 2.05) is 6.07 Å². The highest BCUT2D eigenvalue weighted by atomic mass is 15.1. The summed E-state index contributed by atoms with van der Waals surface area (Å²) in [6, 6.07) is 147. The van der Waals surface area contributed by atoms with E-state index in [1.165, 1.54) is 122 Å². The molecule has 100 heavy (non-hydrogen) atoms. The summed E-state index contributed by atoms with van der Waals surface area (Å²) in [4.78, 5) is 6.72. The lowest BCUT2D eigenvalue weighted by molar-refractivity contribution is 1.21. The van der Waals surface area contributed by atoms with Crippen LogP contribution >= 0.6 is 0 Å². The van der Waals surface area contributed by atoms with Crippen LogP contribution in [0.4, 0.5) is 34.1 Å². The lowest BCUT2D eigenvalue weighted by Crippen LogP contribution is -2.09. The van der Waals surface area contributed by atoms with Crippen molar-refractivity contribution >= 4 is 44.9 Å². The molecule has 0 spiro atoms. The zero-order chi connectivity index (χ0) is 67.8. The Morgan fingerprint density at radius 2 is 0.300 bits per heavy atom. The van der Waals surface area contributed by atoms with Crippen molar-refractivity contribution in [3.05, 3.63) is 413 Å². The molecule has 0 saturated carbocycles. The highest BCUT2D eigenvalue weighted by Crippen LogP contribution is 2.38. The van der Waals surface area contributed by atoms with Crippen LogP contribution in [0.5, 0.6) is 0 Å². The van der Waals surface area contributed by atoms with Crippen molar-refractivity contribution in [1.82, 2.24) is 0 Å². The van der Waals surface area contributed by atoms with Crippen molar-refractivity contribution in [2.24, 2.45) is 0 Å². The van der Waals surface area contributed by atoms with Crippen LogP contribution in [0.2, 0.25) is 0 Å². The molecule has 3 nitrogen and oxygen atoms in total. The Morgan fingerprint density at radius 1 is 0.120 bits per heavy atom. The second kappa shape index (κ2) is 30.9. The molecule has 16 rings (SSSR count). The molecule has 16 aromatic carbocycles. The molecule has 0 amide bonds. The van der Waals surface area contributed by atoms with Gasteiger partial charge in [0, 0.05) is 55.3 Å². The molecule has 0 radical (unpaired) electrons. The fraction of sp³-hybridized carbons (Fsp3) is 0.0309. The first-order valence-electron chi connectivity index (χ1n) is 34.2. The predicted molar refractivity (Wildman–Crippen MR) is 429 cm³/mol. The first kappa shape index (κ1) is 64.5. The number of nitrogens with zero attached hydrogens (tertiary/aromatic N) is 3. The third kappa shape index (κ3) is 15.5. The molecule has 0 heterocycles. The Labute approximate surface area is 589 Å². The van der Waals surface area contributed by atoms with Crippen LogP contribution in [0.15, 0.2) is 413 Å². The largest absolute Gasteiger partial charge is 0.345 e. The van der Waals surface area contributed by atoms with Crippen molar-refractivity contribution in [2.75, 3.05) is 35.8 Å². The first-order valence-corrected chi connectivity index (χ1v) is 34.2. The lowest BCUT2D eigenvalue weighted by Gasteiger charge is -2.22. The van der Waals surface area contributed by atoms with Gasteiger partial charge in [0.25, 0.3) is 0 Å². The molecule has 0 unspecified atom stereocenters. The van der Waals surface area contributed by atoms with Gasteiger partial charge in [-0.25, -0.2) is 0 Å². The summed E-state index contributed by atoms with van der Waals surface area (Å²) >= 11 is 0. The Morgan fingerprint density at radius 3 is 0.560 bits per heavy atom. The smallest absolute Gasteiger partial charge is 0.0420 e. The molecular weight excluding hydrogens is 1210 g/mol. The molecule has 16 aromatic rings. The Kier molecular flexibility index (Phi) is 20.0. The average Bonchev–Trinajstić information content (AvgIpc) is 0.826. The summed E-state index contributed by atoms with van der Waals surface area (Å²) in [5.74, 6) is 0. The molecule has 0 aliphatic rings. The standard InChI is InChI=1S/2C37H29N.C23H19N/c1-38(36-23-21-33(22-24-36)32-19-17-31(18-20-32)28-11-5-2-6-12-28)37-26-34(29-13-7-3-8-14-29)25-35(27-37)30-15-9-4-10-16-30;1-38(36-24-20-34(21-25-36)32-16-12-30(13-17-32)28-8-4-2-5-9-28)37-26-22-35(23-27-37)33-18-14-31(15-19-33)29-10-6-3-7-11-29;1-24(23-16-13-19-9-5-6-10-21(19)17-23)22-14-11-20(12-15-22)18-7-3-2-4-8-18/h2*2-27H,1H3;2-17H,1H3. The summed E-state index contributed by atoms with van der Waals surface area (Å²) in [7, 11) is 6.37. The molecule has 0 atom stereocenters. The topological polar surface area (TPSA) is 9.72 Å². The molecule has 0 aliphatic heterocycles. The van der Waals surface area contributed by atoms with Gasteiger partial charge in [-0.1, -0.05) is 334 Å². The molecule has 480 valence electrons. The number of anilines is 6. The summed E-state index contributed by atoms with van der Waals surface area (Å²) in [5.41, 5.74) is 29.1. The zero-order valence-corrected chi connectivity index (χ0v) is 56.6. The van der Waals surface area contributed by atoms with Gasteiger partial charge in [0.05, 0.1) is 0 Å². The molecule has 3 heteroatoms. The van der Waals surface area contributed by atoms with Gasteiger partial charge < -0.3 is 14.7 Å². The van der Waals surface area contributed by atoms with Crippen LogP contribution in [-0.2, 0) is 0 Å². The molecular formula is C97H77N3. The molecule has 0 N–H and O–H groups in total. The van der Waals surface area contributed by atoms with Crippen molar-refractivity contribution in [2.45, 2.75) is 0 Å². The Balaban J connectivity index is 0.000000131. The van der Waals surface area contributed by atoms with Gasteiger partial charge in [-0.3, -0.25) is 0 Å². The van der Waals surface area contributed by atoms with Gasteiger partial charge in [-0.15, -0.1) is 0 Å². The van der Waals surface area contributed by atoms with Crippen LogP contribution in [0.1, 0.15) is 0 Å². The highest BCUT2D eigenvalue weighted by Gasteiger charge is 2.13.